The number of fused-ring (bicyclic) bond motifs is 7. The number of thiophene rings is 2. The average molecular weight is 688 g/mol. The molecule has 0 saturated carbocycles. The number of carbonyl (C=O) groups is 2. The number of halogens is 1. The second kappa shape index (κ2) is 12.9. The molecule has 0 aromatic carbocycles. The second-order valence-corrected chi connectivity index (χ2v) is 15.0. The number of aliphatic imine (C=N–C) groups is 1. The lowest BCUT2D eigenvalue weighted by atomic mass is 10.0. The van der Waals surface area contributed by atoms with E-state index in [1.165, 1.54) is 27.2 Å². The Morgan fingerprint density at radius 3 is 2.06 bits per heavy atom. The van der Waals surface area contributed by atoms with Crippen LogP contribution >= 0.6 is 34.3 Å². The van der Waals surface area contributed by atoms with Crippen LogP contribution in [0.1, 0.15) is 59.7 Å². The molecule has 0 radical (unpaired) electrons. The van der Waals surface area contributed by atoms with E-state index in [4.69, 9.17) is 11.6 Å². The number of pyridine rings is 1. The Balaban J connectivity index is 0.000000161. The van der Waals surface area contributed by atoms with E-state index in [0.717, 1.165) is 69.1 Å². The molecule has 14 heteroatoms. The van der Waals surface area contributed by atoms with Crippen molar-refractivity contribution in [3.63, 3.8) is 0 Å². The number of hydrogen-bond acceptors (Lipinski definition) is 11. The van der Waals surface area contributed by atoms with E-state index in [0.29, 0.717) is 24.8 Å². The molecule has 5 aromatic heterocycles. The highest BCUT2D eigenvalue weighted by Gasteiger charge is 2.28. The highest BCUT2D eigenvalue weighted by atomic mass is 35.5. The quantitative estimate of drug-likeness (QED) is 0.222. The van der Waals surface area contributed by atoms with Gasteiger partial charge in [-0.3, -0.25) is 14.6 Å². The van der Waals surface area contributed by atoms with Gasteiger partial charge in [-0.1, -0.05) is 39.3 Å². The molecule has 5 aromatic rings. The first-order chi connectivity index (χ1) is 22.7. The third-order valence-electron chi connectivity index (χ3n) is 8.60. The standard InChI is InChI=1S/C20H20N6OS.C13H14ClN3OS/c1-11(2)20(27)26-4-3-14-15(9-26)28-19-17(14)18(23-10-24-19)25-16-5-12-6-21-7-13(12)8-22-16;1-7(2)13(18)17-4-3-8-9(5-17)19-12-10(8)11(14)15-6-16-12/h5-6,8,10-11H,3-4,7,9H2,1-2H3,(H,22,23,24,25);6-7H,3-5H2,1-2H3. The van der Waals surface area contributed by atoms with Crippen LogP contribution in [0, 0.1) is 11.8 Å². The van der Waals surface area contributed by atoms with Crippen LogP contribution in [0.3, 0.4) is 0 Å². The van der Waals surface area contributed by atoms with E-state index >= 15 is 0 Å². The first-order valence-electron chi connectivity index (χ1n) is 15.7. The Hall–Kier alpha value is -4.07. The Morgan fingerprint density at radius 1 is 0.830 bits per heavy atom. The van der Waals surface area contributed by atoms with Crippen LogP contribution in [0.5, 0.6) is 0 Å². The maximum Gasteiger partial charge on any atom is 0.225 e. The third kappa shape index (κ3) is 6.07. The van der Waals surface area contributed by atoms with Crippen molar-refractivity contribution < 1.29 is 9.59 Å². The summed E-state index contributed by atoms with van der Waals surface area (Å²) in [6, 6.07) is 2.00. The predicted molar refractivity (Wildman–Crippen MR) is 187 cm³/mol. The molecule has 3 aliphatic rings. The van der Waals surface area contributed by atoms with Gasteiger partial charge >= 0.3 is 0 Å². The predicted octanol–water partition coefficient (Wildman–Crippen LogP) is 6.19. The summed E-state index contributed by atoms with van der Waals surface area (Å²) in [5.74, 6) is 1.99. The van der Waals surface area contributed by atoms with Crippen molar-refractivity contribution in [3.05, 3.63) is 62.1 Å². The normalized spacial score (nSPS) is 15.1. The van der Waals surface area contributed by atoms with Gasteiger partial charge in [0.05, 0.1) is 30.4 Å². The maximum absolute atomic E-state index is 12.4. The largest absolute Gasteiger partial charge is 0.337 e. The molecule has 0 unspecified atom stereocenters. The molecule has 0 atom stereocenters. The molecule has 2 amide bonds. The second-order valence-electron chi connectivity index (χ2n) is 12.4. The Morgan fingerprint density at radius 2 is 1.43 bits per heavy atom. The summed E-state index contributed by atoms with van der Waals surface area (Å²) in [6.45, 7) is 11.3. The van der Waals surface area contributed by atoms with E-state index in [2.05, 4.69) is 35.2 Å². The van der Waals surface area contributed by atoms with Crippen molar-refractivity contribution in [1.82, 2.24) is 34.7 Å². The molecule has 11 nitrogen and oxygen atoms in total. The first kappa shape index (κ1) is 31.5. The minimum absolute atomic E-state index is 0.0161. The third-order valence-corrected chi connectivity index (χ3v) is 11.1. The zero-order chi connectivity index (χ0) is 32.8. The van der Waals surface area contributed by atoms with E-state index in [9.17, 15) is 9.59 Å². The molecule has 1 N–H and O–H groups in total. The number of carbonyl (C=O) groups excluding carboxylic acids is 2. The molecule has 0 aliphatic carbocycles. The number of amides is 2. The highest BCUT2D eigenvalue weighted by Crippen LogP contribution is 2.39. The van der Waals surface area contributed by atoms with Crippen molar-refractivity contribution >= 4 is 84.4 Å². The molecule has 47 heavy (non-hydrogen) atoms. The molecule has 0 saturated heterocycles. The SMILES string of the molecule is CC(C)C(=O)N1CCc2c(sc3ncnc(Cl)c23)C1.CC(C)C(=O)N1CCc2c(sc3ncnc(Nc4cc5c(cn4)CN=C5)c23)C1. The van der Waals surface area contributed by atoms with Gasteiger partial charge in [-0.2, -0.15) is 0 Å². The number of hydrogen-bond donors (Lipinski definition) is 1. The van der Waals surface area contributed by atoms with E-state index in [-0.39, 0.29) is 23.7 Å². The summed E-state index contributed by atoms with van der Waals surface area (Å²) in [7, 11) is 0. The van der Waals surface area contributed by atoms with Crippen LogP contribution in [0.2, 0.25) is 5.15 Å². The van der Waals surface area contributed by atoms with Crippen molar-refractivity contribution in [3.8, 4) is 0 Å². The monoisotopic (exact) mass is 687 g/mol. The molecule has 0 bridgehead atoms. The average Bonchev–Trinajstić information content (AvgIpc) is 3.79. The number of anilines is 2. The zero-order valence-electron chi connectivity index (χ0n) is 26.6. The van der Waals surface area contributed by atoms with E-state index in [1.807, 2.05) is 56.0 Å². The van der Waals surface area contributed by atoms with Gasteiger partial charge in [0.1, 0.15) is 39.1 Å². The lowest BCUT2D eigenvalue weighted by Crippen LogP contribution is -2.37. The molecule has 0 fully saturated rings. The molecule has 242 valence electrons. The summed E-state index contributed by atoms with van der Waals surface area (Å²) in [5, 5.41) is 5.91. The van der Waals surface area contributed by atoms with Crippen LogP contribution in [0.25, 0.3) is 20.4 Å². The van der Waals surface area contributed by atoms with Gasteiger partial charge < -0.3 is 15.1 Å². The van der Waals surface area contributed by atoms with Crippen LogP contribution < -0.4 is 5.32 Å². The van der Waals surface area contributed by atoms with Gasteiger partial charge in [0.15, 0.2) is 0 Å². The smallest absolute Gasteiger partial charge is 0.225 e. The van der Waals surface area contributed by atoms with Crippen molar-refractivity contribution in [2.24, 2.45) is 16.8 Å². The number of nitrogens with zero attached hydrogens (tertiary/aromatic N) is 8. The fraction of sp³-hybridized carbons (Fsp3) is 0.394. The van der Waals surface area contributed by atoms with Crippen LogP contribution in [0.4, 0.5) is 11.6 Å². The van der Waals surface area contributed by atoms with Gasteiger partial charge in [0.2, 0.25) is 11.8 Å². The molecule has 0 spiro atoms. The molecule has 8 heterocycles. The molecular weight excluding hydrogens is 654 g/mol. The number of aromatic nitrogens is 5. The summed E-state index contributed by atoms with van der Waals surface area (Å²) < 4.78 is 0. The van der Waals surface area contributed by atoms with E-state index in [1.54, 1.807) is 29.0 Å². The minimum Gasteiger partial charge on any atom is -0.337 e. The zero-order valence-corrected chi connectivity index (χ0v) is 29.0. The van der Waals surface area contributed by atoms with Crippen LogP contribution in [0.15, 0.2) is 29.9 Å². The molecular formula is C33H34ClN9O2S2. The van der Waals surface area contributed by atoms with Crippen molar-refractivity contribution in [2.75, 3.05) is 18.4 Å². The fourth-order valence-electron chi connectivity index (χ4n) is 6.20. The van der Waals surface area contributed by atoms with Gasteiger partial charge in [-0.25, -0.2) is 24.9 Å². The van der Waals surface area contributed by atoms with Crippen molar-refractivity contribution in [2.45, 2.75) is 60.2 Å². The van der Waals surface area contributed by atoms with E-state index < -0.39 is 0 Å². The summed E-state index contributed by atoms with van der Waals surface area (Å²) >= 11 is 9.43. The Kier molecular flexibility index (Phi) is 8.62. The Labute approximate surface area is 285 Å². The van der Waals surface area contributed by atoms with Crippen LogP contribution in [-0.4, -0.2) is 65.8 Å². The Bertz CT molecular complexity index is 2050. The number of nitrogens with one attached hydrogen (secondary N) is 1. The lowest BCUT2D eigenvalue weighted by molar-refractivity contribution is -0.136. The summed E-state index contributed by atoms with van der Waals surface area (Å²) in [6.07, 6.45) is 8.47. The van der Waals surface area contributed by atoms with Gasteiger partial charge in [0.25, 0.3) is 0 Å². The number of rotatable bonds is 4. The van der Waals surface area contributed by atoms with Crippen LogP contribution in [-0.2, 0) is 42.1 Å². The maximum atomic E-state index is 12.4. The highest BCUT2D eigenvalue weighted by molar-refractivity contribution is 7.19. The van der Waals surface area contributed by atoms with Crippen molar-refractivity contribution in [1.29, 1.82) is 0 Å². The van der Waals surface area contributed by atoms with Gasteiger partial charge in [0, 0.05) is 58.2 Å². The summed E-state index contributed by atoms with van der Waals surface area (Å²) in [4.78, 5) is 58.7. The molecule has 8 rings (SSSR count). The summed E-state index contributed by atoms with van der Waals surface area (Å²) in [5.41, 5.74) is 4.70. The van der Waals surface area contributed by atoms with Gasteiger partial charge in [-0.15, -0.1) is 22.7 Å². The topological polar surface area (TPSA) is 129 Å². The molecule has 3 aliphatic heterocycles. The first-order valence-corrected chi connectivity index (χ1v) is 17.7. The fourth-order valence-corrected chi connectivity index (χ4v) is 8.91. The van der Waals surface area contributed by atoms with Gasteiger partial charge in [-0.05, 0) is 30.0 Å². The minimum atomic E-state index is 0.0161. The lowest BCUT2D eigenvalue weighted by Gasteiger charge is -2.28.